The van der Waals surface area contributed by atoms with Crippen molar-refractivity contribution in [1.29, 1.82) is 0 Å². The Balaban J connectivity index is 1.53. The second-order valence-electron chi connectivity index (χ2n) is 6.19. The van der Waals surface area contributed by atoms with Gasteiger partial charge in [0.05, 0.1) is 6.33 Å². The van der Waals surface area contributed by atoms with E-state index in [9.17, 15) is 4.79 Å². The van der Waals surface area contributed by atoms with E-state index in [4.69, 9.17) is 5.73 Å². The molecule has 118 valence electrons. The average molecular weight is 309 g/mol. The summed E-state index contributed by atoms with van der Waals surface area (Å²) in [6.45, 7) is 0.597. The number of aryl methyl sites for hydroxylation is 1. The van der Waals surface area contributed by atoms with E-state index in [0.717, 1.165) is 25.7 Å². The number of H-pyrrole nitrogens is 1. The number of nitrogens with zero attached hydrogens (tertiary/aromatic N) is 3. The van der Waals surface area contributed by atoms with E-state index in [-0.39, 0.29) is 11.5 Å². The second-order valence-corrected chi connectivity index (χ2v) is 6.19. The van der Waals surface area contributed by atoms with Crippen LogP contribution in [0.25, 0.3) is 11.2 Å². The minimum absolute atomic E-state index is 0.138. The van der Waals surface area contributed by atoms with Crippen molar-refractivity contribution in [1.82, 2.24) is 19.5 Å². The highest BCUT2D eigenvalue weighted by Gasteiger charge is 2.19. The number of nitrogen functional groups attached to an aromatic ring is 1. The van der Waals surface area contributed by atoms with Gasteiger partial charge in [-0.05, 0) is 42.7 Å². The first kappa shape index (κ1) is 14.0. The minimum atomic E-state index is -0.138. The van der Waals surface area contributed by atoms with E-state index in [1.54, 1.807) is 4.57 Å². The number of benzene rings is 1. The monoisotopic (exact) mass is 309 g/mol. The third-order valence-corrected chi connectivity index (χ3v) is 4.79. The summed E-state index contributed by atoms with van der Waals surface area (Å²) in [7, 11) is 0. The van der Waals surface area contributed by atoms with Crippen molar-refractivity contribution in [3.63, 3.8) is 0 Å². The third-order valence-electron chi connectivity index (χ3n) is 4.79. The highest BCUT2D eigenvalue weighted by atomic mass is 16.1. The number of nitrogens with two attached hydrogens (primary N) is 1. The maximum absolute atomic E-state index is 12.5. The zero-order valence-corrected chi connectivity index (χ0v) is 12.8. The van der Waals surface area contributed by atoms with Gasteiger partial charge in [0.15, 0.2) is 11.2 Å². The summed E-state index contributed by atoms with van der Waals surface area (Å²) in [6.07, 6.45) is 5.75. The molecule has 0 aliphatic heterocycles. The predicted molar refractivity (Wildman–Crippen MR) is 89.1 cm³/mol. The minimum Gasteiger partial charge on any atom is -0.369 e. The lowest BCUT2D eigenvalue weighted by atomic mass is 9.82. The van der Waals surface area contributed by atoms with Gasteiger partial charge in [0.25, 0.3) is 5.56 Å². The van der Waals surface area contributed by atoms with Gasteiger partial charge >= 0.3 is 0 Å². The standard InChI is InChI=1S/C17H19N5O/c18-17-21-15-14(19-10-20-15)16(23)22(17)8-7-11-5-6-12-3-1-2-4-13(12)9-11/h1-4,10-11H,5-9H2,(H2,18,21)(H,19,20). The van der Waals surface area contributed by atoms with Crippen LogP contribution in [0.5, 0.6) is 0 Å². The molecule has 0 saturated carbocycles. The second kappa shape index (κ2) is 5.53. The van der Waals surface area contributed by atoms with Gasteiger partial charge in [-0.1, -0.05) is 24.3 Å². The van der Waals surface area contributed by atoms with Crippen LogP contribution in [0, 0.1) is 5.92 Å². The highest BCUT2D eigenvalue weighted by molar-refractivity contribution is 5.69. The van der Waals surface area contributed by atoms with Crippen LogP contribution in [0.2, 0.25) is 0 Å². The lowest BCUT2D eigenvalue weighted by Crippen LogP contribution is -2.26. The highest BCUT2D eigenvalue weighted by Crippen LogP contribution is 2.27. The van der Waals surface area contributed by atoms with Gasteiger partial charge < -0.3 is 10.7 Å². The number of aromatic nitrogens is 4. The van der Waals surface area contributed by atoms with Gasteiger partial charge in [0, 0.05) is 6.54 Å². The first-order valence-corrected chi connectivity index (χ1v) is 7.98. The Labute approximate surface area is 133 Å². The summed E-state index contributed by atoms with van der Waals surface area (Å²) in [5.74, 6) is 0.819. The van der Waals surface area contributed by atoms with Crippen LogP contribution in [-0.4, -0.2) is 19.5 Å². The van der Waals surface area contributed by atoms with Crippen molar-refractivity contribution in [3.8, 4) is 0 Å². The molecule has 1 atom stereocenters. The lowest BCUT2D eigenvalue weighted by molar-refractivity contribution is 0.397. The van der Waals surface area contributed by atoms with Gasteiger partial charge in [-0.3, -0.25) is 9.36 Å². The molecule has 1 aliphatic carbocycles. The Kier molecular flexibility index (Phi) is 3.37. The number of hydrogen-bond acceptors (Lipinski definition) is 4. The Morgan fingerprint density at radius 1 is 1.30 bits per heavy atom. The van der Waals surface area contributed by atoms with Crippen LogP contribution in [0.4, 0.5) is 5.95 Å². The largest absolute Gasteiger partial charge is 0.369 e. The van der Waals surface area contributed by atoms with Gasteiger partial charge in [-0.25, -0.2) is 4.98 Å². The summed E-state index contributed by atoms with van der Waals surface area (Å²) in [5, 5.41) is 0. The Morgan fingerprint density at radius 2 is 2.13 bits per heavy atom. The van der Waals surface area contributed by atoms with E-state index in [1.807, 2.05) is 0 Å². The summed E-state index contributed by atoms with van der Waals surface area (Å²) >= 11 is 0. The molecule has 0 amide bonds. The Bertz CT molecular complexity index is 911. The van der Waals surface area contributed by atoms with Gasteiger partial charge in [-0.15, -0.1) is 0 Å². The fourth-order valence-corrected chi connectivity index (χ4v) is 3.48. The average Bonchev–Trinajstić information content (AvgIpc) is 3.03. The molecule has 0 fully saturated rings. The first-order valence-electron chi connectivity index (χ1n) is 7.98. The number of rotatable bonds is 3. The molecule has 0 saturated heterocycles. The summed E-state index contributed by atoms with van der Waals surface area (Å²) in [5.41, 5.74) is 9.50. The molecule has 23 heavy (non-hydrogen) atoms. The van der Waals surface area contributed by atoms with Crippen molar-refractivity contribution >= 4 is 17.1 Å². The number of anilines is 1. The van der Waals surface area contributed by atoms with Crippen LogP contribution < -0.4 is 11.3 Å². The van der Waals surface area contributed by atoms with E-state index >= 15 is 0 Å². The molecule has 4 rings (SSSR count). The molecule has 1 unspecified atom stereocenters. The number of nitrogens with one attached hydrogen (secondary N) is 1. The van der Waals surface area contributed by atoms with Crippen LogP contribution >= 0.6 is 0 Å². The molecule has 3 N–H and O–H groups in total. The first-order chi connectivity index (χ1) is 11.2. The fourth-order valence-electron chi connectivity index (χ4n) is 3.48. The quantitative estimate of drug-likeness (QED) is 0.773. The fraction of sp³-hybridized carbons (Fsp3) is 0.353. The molecule has 6 nitrogen and oxygen atoms in total. The van der Waals surface area contributed by atoms with Crippen molar-refractivity contribution in [2.75, 3.05) is 5.73 Å². The maximum atomic E-state index is 12.5. The van der Waals surface area contributed by atoms with Crippen molar-refractivity contribution in [2.24, 2.45) is 5.92 Å². The summed E-state index contributed by atoms with van der Waals surface area (Å²) < 4.78 is 1.56. The number of imidazole rings is 1. The predicted octanol–water partition coefficient (Wildman–Crippen LogP) is 1.90. The SMILES string of the molecule is Nc1nc2nc[nH]c2c(=O)n1CCC1CCc2ccccc2C1. The van der Waals surface area contributed by atoms with E-state index in [1.165, 1.54) is 17.5 Å². The molecule has 0 radical (unpaired) electrons. The number of hydrogen-bond donors (Lipinski definition) is 2. The molecule has 3 aromatic rings. The Morgan fingerprint density at radius 3 is 3.00 bits per heavy atom. The number of fused-ring (bicyclic) bond motifs is 2. The van der Waals surface area contributed by atoms with Gasteiger partial charge in [-0.2, -0.15) is 4.98 Å². The molecular formula is C17H19N5O. The summed E-state index contributed by atoms with van der Waals surface area (Å²) in [6, 6.07) is 8.62. The van der Waals surface area contributed by atoms with Crippen LogP contribution in [0.15, 0.2) is 35.4 Å². The zero-order chi connectivity index (χ0) is 15.8. The Hall–Kier alpha value is -2.63. The normalized spacial score (nSPS) is 17.3. The third kappa shape index (κ3) is 2.50. The number of aromatic amines is 1. The molecule has 0 bridgehead atoms. The molecular weight excluding hydrogens is 290 g/mol. The van der Waals surface area contributed by atoms with Gasteiger partial charge in [0.1, 0.15) is 0 Å². The van der Waals surface area contributed by atoms with Crippen LogP contribution in [0.3, 0.4) is 0 Å². The van der Waals surface area contributed by atoms with E-state index in [0.29, 0.717) is 23.6 Å². The summed E-state index contributed by atoms with van der Waals surface area (Å²) in [4.78, 5) is 23.5. The molecule has 2 heterocycles. The maximum Gasteiger partial charge on any atom is 0.280 e. The molecule has 1 aromatic carbocycles. The molecule has 2 aromatic heterocycles. The van der Waals surface area contributed by atoms with Crippen LogP contribution in [0.1, 0.15) is 24.0 Å². The van der Waals surface area contributed by atoms with E-state index < -0.39 is 0 Å². The zero-order valence-electron chi connectivity index (χ0n) is 12.8. The van der Waals surface area contributed by atoms with Crippen LogP contribution in [-0.2, 0) is 19.4 Å². The molecule has 0 spiro atoms. The topological polar surface area (TPSA) is 89.6 Å². The molecule has 6 heteroatoms. The van der Waals surface area contributed by atoms with E-state index in [2.05, 4.69) is 39.2 Å². The van der Waals surface area contributed by atoms with Crippen molar-refractivity contribution in [2.45, 2.75) is 32.2 Å². The van der Waals surface area contributed by atoms with Gasteiger partial charge in [0.2, 0.25) is 5.95 Å². The molecule has 1 aliphatic rings. The van der Waals surface area contributed by atoms with Crippen molar-refractivity contribution < 1.29 is 0 Å². The van der Waals surface area contributed by atoms with Crippen molar-refractivity contribution in [3.05, 3.63) is 52.1 Å². The smallest absolute Gasteiger partial charge is 0.280 e. The lowest BCUT2D eigenvalue weighted by Gasteiger charge is -2.24.